The summed E-state index contributed by atoms with van der Waals surface area (Å²) in [4.78, 5) is 5.31. The Morgan fingerprint density at radius 2 is 1.81 bits per heavy atom. The molecule has 2 N–H and O–H groups in total. The van der Waals surface area contributed by atoms with Crippen molar-refractivity contribution in [2.24, 2.45) is 11.7 Å². The third-order valence-corrected chi connectivity index (χ3v) is 4.42. The van der Waals surface area contributed by atoms with E-state index in [4.69, 9.17) is 5.73 Å². The molecule has 2 aliphatic heterocycles. The maximum Gasteiger partial charge on any atom is 0.0235 e. The number of piperidine rings is 1. The summed E-state index contributed by atoms with van der Waals surface area (Å²) in [7, 11) is 0. The van der Waals surface area contributed by atoms with Crippen LogP contribution < -0.4 is 5.73 Å². The number of nitrogens with zero attached hydrogens (tertiary/aromatic N) is 2. The van der Waals surface area contributed by atoms with Crippen LogP contribution in [0.4, 0.5) is 0 Å². The van der Waals surface area contributed by atoms with E-state index in [0.29, 0.717) is 6.04 Å². The Morgan fingerprint density at radius 3 is 2.31 bits per heavy atom. The van der Waals surface area contributed by atoms with Crippen molar-refractivity contribution in [3.63, 3.8) is 0 Å². The maximum atomic E-state index is 5.74. The predicted octanol–water partition coefficient (Wildman–Crippen LogP) is 1.14. The lowest BCUT2D eigenvalue weighted by atomic mass is 9.96. The Morgan fingerprint density at radius 1 is 1.12 bits per heavy atom. The first-order valence-electron chi connectivity index (χ1n) is 6.89. The van der Waals surface area contributed by atoms with E-state index in [1.165, 1.54) is 45.4 Å². The minimum atomic E-state index is 0.714. The van der Waals surface area contributed by atoms with E-state index in [1.54, 1.807) is 0 Å². The second kappa shape index (κ2) is 5.48. The minimum Gasteiger partial charge on any atom is -0.330 e. The van der Waals surface area contributed by atoms with Crippen LogP contribution in [-0.2, 0) is 0 Å². The smallest absolute Gasteiger partial charge is 0.0235 e. The van der Waals surface area contributed by atoms with Crippen LogP contribution in [0.5, 0.6) is 0 Å². The van der Waals surface area contributed by atoms with Crippen LogP contribution in [0.2, 0.25) is 0 Å². The van der Waals surface area contributed by atoms with E-state index < -0.39 is 0 Å². The van der Waals surface area contributed by atoms with Crippen LogP contribution in [0.15, 0.2) is 0 Å². The molecule has 2 rings (SSSR count). The quantitative estimate of drug-likeness (QED) is 0.782. The van der Waals surface area contributed by atoms with E-state index in [9.17, 15) is 0 Å². The van der Waals surface area contributed by atoms with Crippen LogP contribution in [0.25, 0.3) is 0 Å². The number of hydrogen-bond donors (Lipinski definition) is 1. The monoisotopic (exact) mass is 225 g/mol. The second-order valence-electron chi connectivity index (χ2n) is 5.75. The molecule has 0 amide bonds. The molecule has 1 unspecified atom stereocenters. The van der Waals surface area contributed by atoms with E-state index in [-0.39, 0.29) is 0 Å². The predicted molar refractivity (Wildman–Crippen MR) is 68.5 cm³/mol. The highest BCUT2D eigenvalue weighted by molar-refractivity contribution is 4.87. The summed E-state index contributed by atoms with van der Waals surface area (Å²) in [6.07, 6.45) is 3.99. The summed E-state index contributed by atoms with van der Waals surface area (Å²) in [5.41, 5.74) is 5.74. The highest BCUT2D eigenvalue weighted by Crippen LogP contribution is 2.23. The molecule has 94 valence electrons. The summed E-state index contributed by atoms with van der Waals surface area (Å²) in [5.74, 6) is 0.791. The van der Waals surface area contributed by atoms with Gasteiger partial charge in [0.25, 0.3) is 0 Å². The van der Waals surface area contributed by atoms with Gasteiger partial charge >= 0.3 is 0 Å². The molecule has 2 fully saturated rings. The Bertz CT molecular complexity index is 209. The van der Waals surface area contributed by atoms with E-state index in [1.807, 2.05) is 0 Å². The third-order valence-electron chi connectivity index (χ3n) is 4.42. The van der Waals surface area contributed by atoms with E-state index in [2.05, 4.69) is 23.6 Å². The van der Waals surface area contributed by atoms with Crippen molar-refractivity contribution in [1.82, 2.24) is 9.80 Å². The molecule has 0 aromatic rings. The standard InChI is InChI=1S/C13H27N3/c1-11(2)16-8-5-13(10-16)15-6-3-12(9-14)4-7-15/h11-13H,3-10,14H2,1-2H3. The topological polar surface area (TPSA) is 32.5 Å². The van der Waals surface area contributed by atoms with Gasteiger partial charge in [0.1, 0.15) is 0 Å². The number of hydrogen-bond acceptors (Lipinski definition) is 3. The van der Waals surface area contributed by atoms with E-state index >= 15 is 0 Å². The fraction of sp³-hybridized carbons (Fsp3) is 1.00. The van der Waals surface area contributed by atoms with Crippen molar-refractivity contribution < 1.29 is 0 Å². The Hall–Kier alpha value is -0.120. The average molecular weight is 225 g/mol. The molecule has 0 aliphatic carbocycles. The molecule has 0 bridgehead atoms. The second-order valence-corrected chi connectivity index (χ2v) is 5.75. The lowest BCUT2D eigenvalue weighted by molar-refractivity contribution is 0.131. The Labute approximate surface area is 100.0 Å². The molecular weight excluding hydrogens is 198 g/mol. The molecule has 3 nitrogen and oxygen atoms in total. The molecule has 1 atom stereocenters. The largest absolute Gasteiger partial charge is 0.330 e. The molecule has 16 heavy (non-hydrogen) atoms. The highest BCUT2D eigenvalue weighted by atomic mass is 15.3. The van der Waals surface area contributed by atoms with Crippen LogP contribution in [0.1, 0.15) is 33.1 Å². The van der Waals surface area contributed by atoms with Gasteiger partial charge in [-0.25, -0.2) is 0 Å². The summed E-state index contributed by atoms with van der Waals surface area (Å²) in [5, 5.41) is 0. The summed E-state index contributed by atoms with van der Waals surface area (Å²) < 4.78 is 0. The SMILES string of the molecule is CC(C)N1CCC(N2CCC(CN)CC2)C1. The van der Waals surface area contributed by atoms with Gasteiger partial charge in [0, 0.05) is 25.2 Å². The van der Waals surface area contributed by atoms with Gasteiger partial charge in [0.05, 0.1) is 0 Å². The number of nitrogens with two attached hydrogens (primary N) is 1. The normalized spacial score (nSPS) is 30.4. The molecule has 2 heterocycles. The van der Waals surface area contributed by atoms with Gasteiger partial charge in [0.15, 0.2) is 0 Å². The maximum absolute atomic E-state index is 5.74. The van der Waals surface area contributed by atoms with Gasteiger partial charge < -0.3 is 5.73 Å². The molecule has 0 aromatic heterocycles. The van der Waals surface area contributed by atoms with Gasteiger partial charge in [-0.15, -0.1) is 0 Å². The first-order chi connectivity index (χ1) is 7.70. The molecular formula is C13H27N3. The van der Waals surface area contributed by atoms with Gasteiger partial charge in [-0.1, -0.05) is 0 Å². The van der Waals surface area contributed by atoms with Gasteiger partial charge in [-0.3, -0.25) is 9.80 Å². The minimum absolute atomic E-state index is 0.714. The molecule has 3 heteroatoms. The lowest BCUT2D eigenvalue weighted by Crippen LogP contribution is -2.44. The van der Waals surface area contributed by atoms with Crippen LogP contribution >= 0.6 is 0 Å². The molecule has 0 saturated carbocycles. The fourth-order valence-corrected chi connectivity index (χ4v) is 3.09. The summed E-state index contributed by atoms with van der Waals surface area (Å²) >= 11 is 0. The molecule has 2 aliphatic rings. The van der Waals surface area contributed by atoms with Crippen molar-refractivity contribution in [2.75, 3.05) is 32.7 Å². The van der Waals surface area contributed by atoms with Gasteiger partial charge in [-0.2, -0.15) is 0 Å². The van der Waals surface area contributed by atoms with Crippen LogP contribution in [0.3, 0.4) is 0 Å². The van der Waals surface area contributed by atoms with E-state index in [0.717, 1.165) is 18.5 Å². The zero-order chi connectivity index (χ0) is 11.5. The van der Waals surface area contributed by atoms with Crippen molar-refractivity contribution in [1.29, 1.82) is 0 Å². The zero-order valence-corrected chi connectivity index (χ0v) is 10.9. The third kappa shape index (κ3) is 2.76. The molecule has 0 spiro atoms. The zero-order valence-electron chi connectivity index (χ0n) is 10.9. The van der Waals surface area contributed by atoms with Crippen molar-refractivity contribution >= 4 is 0 Å². The fourth-order valence-electron chi connectivity index (χ4n) is 3.09. The number of likely N-dealkylation sites (tertiary alicyclic amines) is 2. The van der Waals surface area contributed by atoms with Crippen molar-refractivity contribution in [2.45, 2.75) is 45.2 Å². The van der Waals surface area contributed by atoms with Crippen molar-refractivity contribution in [3.8, 4) is 0 Å². The van der Waals surface area contributed by atoms with Gasteiger partial charge in [-0.05, 0) is 58.7 Å². The first kappa shape index (κ1) is 12.3. The average Bonchev–Trinajstić information content (AvgIpc) is 2.78. The molecule has 0 radical (unpaired) electrons. The first-order valence-corrected chi connectivity index (χ1v) is 6.89. The van der Waals surface area contributed by atoms with Crippen LogP contribution in [0, 0.1) is 5.92 Å². The molecule has 2 saturated heterocycles. The Kier molecular flexibility index (Phi) is 4.22. The summed E-state index contributed by atoms with van der Waals surface area (Å²) in [6, 6.07) is 1.53. The summed E-state index contributed by atoms with van der Waals surface area (Å²) in [6.45, 7) is 10.6. The number of rotatable bonds is 3. The Balaban J connectivity index is 1.78. The lowest BCUT2D eigenvalue weighted by Gasteiger charge is -2.35. The van der Waals surface area contributed by atoms with Crippen molar-refractivity contribution in [3.05, 3.63) is 0 Å². The molecule has 0 aromatic carbocycles. The van der Waals surface area contributed by atoms with Crippen LogP contribution in [-0.4, -0.2) is 54.6 Å². The van der Waals surface area contributed by atoms with Gasteiger partial charge in [0.2, 0.25) is 0 Å². The highest BCUT2D eigenvalue weighted by Gasteiger charge is 2.30.